The van der Waals surface area contributed by atoms with E-state index in [2.05, 4.69) is 5.32 Å². The Morgan fingerprint density at radius 1 is 1.19 bits per heavy atom. The van der Waals surface area contributed by atoms with Gasteiger partial charge < -0.3 is 24.6 Å². The van der Waals surface area contributed by atoms with Crippen LogP contribution in [0.15, 0.2) is 0 Å². The van der Waals surface area contributed by atoms with E-state index in [0.29, 0.717) is 17.4 Å². The van der Waals surface area contributed by atoms with Gasteiger partial charge in [0.05, 0.1) is 19.3 Å². The Labute approximate surface area is 151 Å². The van der Waals surface area contributed by atoms with Gasteiger partial charge in [-0.15, -0.1) is 0 Å². The van der Waals surface area contributed by atoms with E-state index < -0.39 is 12.1 Å². The zero-order valence-corrected chi connectivity index (χ0v) is 14.9. The molecule has 3 saturated heterocycles. The molecule has 0 amide bonds. The van der Waals surface area contributed by atoms with Crippen LogP contribution in [0.1, 0.15) is 32.1 Å². The molecule has 0 saturated carbocycles. The van der Waals surface area contributed by atoms with Crippen LogP contribution in [-0.4, -0.2) is 69.5 Å². The molecule has 0 radical (unpaired) electrons. The zero-order valence-electron chi connectivity index (χ0n) is 14.9. The number of nitrogens with one attached hydrogen (secondary N) is 1. The highest BCUT2D eigenvalue weighted by Gasteiger charge is 2.41. The number of ether oxygens (including phenoxy) is 3. The summed E-state index contributed by atoms with van der Waals surface area (Å²) in [6.45, 7) is 6.73. The molecule has 6 nitrogen and oxygen atoms in total. The molecule has 1 unspecified atom stereocenters. The van der Waals surface area contributed by atoms with Crippen LogP contribution in [0.4, 0.5) is 13.2 Å². The number of hydrogen-bond acceptors (Lipinski definition) is 5. The lowest BCUT2D eigenvalue weighted by molar-refractivity contribution is -0.192. The molecule has 1 spiro atoms. The first-order chi connectivity index (χ1) is 12.3. The third-order valence-corrected chi connectivity index (χ3v) is 5.19. The highest BCUT2D eigenvalue weighted by atomic mass is 19.4. The van der Waals surface area contributed by atoms with E-state index in [9.17, 15) is 13.2 Å². The second kappa shape index (κ2) is 9.87. The van der Waals surface area contributed by atoms with Crippen LogP contribution in [0.2, 0.25) is 0 Å². The van der Waals surface area contributed by atoms with Crippen LogP contribution in [0.25, 0.3) is 0 Å². The minimum absolute atomic E-state index is 0.331. The summed E-state index contributed by atoms with van der Waals surface area (Å²) in [5, 5.41) is 10.6. The summed E-state index contributed by atoms with van der Waals surface area (Å²) >= 11 is 0. The van der Waals surface area contributed by atoms with Crippen molar-refractivity contribution in [3.8, 4) is 0 Å². The number of piperidine rings is 1. The molecular formula is C17H28F3NO5. The topological polar surface area (TPSA) is 77.0 Å². The van der Waals surface area contributed by atoms with Crippen molar-refractivity contribution in [2.45, 2.75) is 44.4 Å². The second-order valence-corrected chi connectivity index (χ2v) is 7.28. The quantitative estimate of drug-likeness (QED) is 0.775. The van der Waals surface area contributed by atoms with Crippen LogP contribution in [0.3, 0.4) is 0 Å². The van der Waals surface area contributed by atoms with Gasteiger partial charge in [0.15, 0.2) is 0 Å². The zero-order chi connectivity index (χ0) is 19.0. The van der Waals surface area contributed by atoms with Gasteiger partial charge in [-0.1, -0.05) is 0 Å². The van der Waals surface area contributed by atoms with E-state index in [4.69, 9.17) is 24.1 Å². The summed E-state index contributed by atoms with van der Waals surface area (Å²) in [7, 11) is 0. The summed E-state index contributed by atoms with van der Waals surface area (Å²) in [5.74, 6) is -2.06. The number of carbonyl (C=O) groups is 1. The van der Waals surface area contributed by atoms with E-state index >= 15 is 0 Å². The highest BCUT2D eigenvalue weighted by molar-refractivity contribution is 5.73. The molecule has 0 aromatic rings. The molecule has 0 aromatic heterocycles. The Balaban J connectivity index is 0.000000298. The van der Waals surface area contributed by atoms with Gasteiger partial charge in [0.25, 0.3) is 0 Å². The van der Waals surface area contributed by atoms with E-state index in [1.807, 2.05) is 0 Å². The van der Waals surface area contributed by atoms with Gasteiger partial charge in [-0.2, -0.15) is 13.2 Å². The largest absolute Gasteiger partial charge is 0.490 e. The van der Waals surface area contributed by atoms with Crippen molar-refractivity contribution >= 4 is 5.97 Å². The molecule has 9 heteroatoms. The summed E-state index contributed by atoms with van der Waals surface area (Å²) < 4.78 is 49.0. The predicted octanol–water partition coefficient (Wildman–Crippen LogP) is 2.22. The molecule has 3 heterocycles. The average molecular weight is 383 g/mol. The van der Waals surface area contributed by atoms with Gasteiger partial charge in [0.2, 0.25) is 0 Å². The Morgan fingerprint density at radius 3 is 2.38 bits per heavy atom. The molecule has 2 N–H and O–H groups in total. The number of carboxylic acids is 1. The predicted molar refractivity (Wildman–Crippen MR) is 86.9 cm³/mol. The molecule has 0 aliphatic carbocycles. The van der Waals surface area contributed by atoms with E-state index in [1.165, 1.54) is 19.3 Å². The summed E-state index contributed by atoms with van der Waals surface area (Å²) in [4.78, 5) is 8.90. The molecule has 3 aliphatic rings. The Morgan fingerprint density at radius 2 is 1.81 bits per heavy atom. The highest BCUT2D eigenvalue weighted by Crippen LogP contribution is 2.40. The fourth-order valence-electron chi connectivity index (χ4n) is 3.59. The molecule has 26 heavy (non-hydrogen) atoms. The first kappa shape index (κ1) is 21.4. The van der Waals surface area contributed by atoms with Crippen molar-refractivity contribution in [3.63, 3.8) is 0 Å². The van der Waals surface area contributed by atoms with Crippen molar-refractivity contribution in [1.29, 1.82) is 0 Å². The number of alkyl halides is 3. The minimum atomic E-state index is -5.08. The SMILES string of the molecule is C1CC2(CCN1)COC(COCC1CCOCC1)C2.O=C(O)C(F)(F)F. The van der Waals surface area contributed by atoms with Crippen molar-refractivity contribution in [2.75, 3.05) is 46.1 Å². The molecule has 0 bridgehead atoms. The van der Waals surface area contributed by atoms with E-state index in [-0.39, 0.29) is 0 Å². The Kier molecular flexibility index (Phi) is 8.12. The smallest absolute Gasteiger partial charge is 0.475 e. The third kappa shape index (κ3) is 7.02. The maximum atomic E-state index is 10.6. The molecule has 152 valence electrons. The molecule has 3 rings (SSSR count). The van der Waals surface area contributed by atoms with Crippen LogP contribution in [0.5, 0.6) is 0 Å². The average Bonchev–Trinajstić information content (AvgIpc) is 2.98. The fourth-order valence-corrected chi connectivity index (χ4v) is 3.59. The van der Waals surface area contributed by atoms with Crippen molar-refractivity contribution in [2.24, 2.45) is 11.3 Å². The van der Waals surface area contributed by atoms with Crippen LogP contribution < -0.4 is 5.32 Å². The van der Waals surface area contributed by atoms with Crippen LogP contribution in [-0.2, 0) is 19.0 Å². The first-order valence-electron chi connectivity index (χ1n) is 9.09. The van der Waals surface area contributed by atoms with Crippen LogP contribution in [0, 0.1) is 11.3 Å². The number of halogens is 3. The van der Waals surface area contributed by atoms with E-state index in [1.54, 1.807) is 0 Å². The van der Waals surface area contributed by atoms with Crippen molar-refractivity contribution < 1.29 is 37.3 Å². The van der Waals surface area contributed by atoms with Gasteiger partial charge in [-0.05, 0) is 56.5 Å². The van der Waals surface area contributed by atoms with Gasteiger partial charge >= 0.3 is 12.1 Å². The van der Waals surface area contributed by atoms with Gasteiger partial charge in [0.1, 0.15) is 0 Å². The fraction of sp³-hybridized carbons (Fsp3) is 0.941. The lowest BCUT2D eigenvalue weighted by atomic mass is 9.77. The molecule has 3 fully saturated rings. The van der Waals surface area contributed by atoms with Gasteiger partial charge in [-0.3, -0.25) is 0 Å². The lowest BCUT2D eigenvalue weighted by Crippen LogP contribution is -2.37. The molecular weight excluding hydrogens is 355 g/mol. The third-order valence-electron chi connectivity index (χ3n) is 5.19. The monoisotopic (exact) mass is 383 g/mol. The van der Waals surface area contributed by atoms with Crippen molar-refractivity contribution in [1.82, 2.24) is 5.32 Å². The standard InChI is InChI=1S/C15H27NO3.C2HF3O2/c1-7-17-8-2-13(1)10-18-11-14-9-15(12-19-14)3-5-16-6-4-15;3-2(4,5)1(6)7/h13-14,16H,1-12H2;(H,6,7). The van der Waals surface area contributed by atoms with Gasteiger partial charge in [-0.25, -0.2) is 4.79 Å². The molecule has 0 aromatic carbocycles. The van der Waals surface area contributed by atoms with Gasteiger partial charge in [0, 0.05) is 19.8 Å². The maximum Gasteiger partial charge on any atom is 0.490 e. The summed E-state index contributed by atoms with van der Waals surface area (Å²) in [5.41, 5.74) is 0.456. The minimum Gasteiger partial charge on any atom is -0.475 e. The number of aliphatic carboxylic acids is 1. The molecule has 3 aliphatic heterocycles. The number of hydrogen-bond donors (Lipinski definition) is 2. The first-order valence-corrected chi connectivity index (χ1v) is 9.09. The van der Waals surface area contributed by atoms with E-state index in [0.717, 1.165) is 59.0 Å². The lowest BCUT2D eigenvalue weighted by Gasteiger charge is -2.32. The normalized spacial score (nSPS) is 26.3. The second-order valence-electron chi connectivity index (χ2n) is 7.28. The molecule has 1 atom stereocenters. The number of carboxylic acid groups (broad SMARTS) is 1. The Bertz CT molecular complexity index is 435. The van der Waals surface area contributed by atoms with Crippen molar-refractivity contribution in [3.05, 3.63) is 0 Å². The summed E-state index contributed by atoms with van der Waals surface area (Å²) in [6, 6.07) is 0. The Hall–Kier alpha value is -0.900. The number of rotatable bonds is 4. The van der Waals surface area contributed by atoms with Crippen LogP contribution >= 0.6 is 0 Å². The summed E-state index contributed by atoms with van der Waals surface area (Å²) in [6.07, 6.45) is 1.29. The maximum absolute atomic E-state index is 10.6.